The number of hydrogen-bond donors (Lipinski definition) is 1. The van der Waals surface area contributed by atoms with Crippen LogP contribution in [0.1, 0.15) is 10.4 Å². The molecule has 1 fully saturated rings. The number of hydrogen-bond acceptors (Lipinski definition) is 4. The van der Waals surface area contributed by atoms with Crippen molar-refractivity contribution < 1.29 is 9.53 Å². The Balaban J connectivity index is 1.87. The second-order valence-corrected chi connectivity index (χ2v) is 5.05. The summed E-state index contributed by atoms with van der Waals surface area (Å²) in [5.41, 5.74) is 0.673. The van der Waals surface area contributed by atoms with E-state index in [1.165, 1.54) is 0 Å². The van der Waals surface area contributed by atoms with Gasteiger partial charge in [-0.3, -0.25) is 9.69 Å². The number of carbonyl (C=O) groups excluding carboxylic acids is 1. The fraction of sp³-hybridized carbons (Fsp3) is 0.533. The number of piperazine rings is 1. The van der Waals surface area contributed by atoms with Crippen molar-refractivity contribution in [3.8, 4) is 5.75 Å². The van der Waals surface area contributed by atoms with Crippen molar-refractivity contribution in [3.05, 3.63) is 29.8 Å². The van der Waals surface area contributed by atoms with Gasteiger partial charge in [0.25, 0.3) is 5.91 Å². The number of rotatable bonds is 5. The molecule has 0 spiro atoms. The summed E-state index contributed by atoms with van der Waals surface area (Å²) in [5.74, 6) is 0.755. The number of methoxy groups -OCH3 is 1. The Morgan fingerprint density at radius 3 is 2.85 bits per heavy atom. The number of nitrogens with one attached hydrogen (secondary N) is 1. The number of amides is 1. The normalized spacial score (nSPS) is 15.9. The van der Waals surface area contributed by atoms with Crippen molar-refractivity contribution in [2.24, 2.45) is 0 Å². The van der Waals surface area contributed by atoms with Gasteiger partial charge in [0, 0.05) is 51.9 Å². The van der Waals surface area contributed by atoms with Crippen molar-refractivity contribution in [1.29, 1.82) is 0 Å². The van der Waals surface area contributed by atoms with E-state index in [-0.39, 0.29) is 5.91 Å². The summed E-state index contributed by atoms with van der Waals surface area (Å²) in [6, 6.07) is 7.30. The lowest BCUT2D eigenvalue weighted by Gasteiger charge is -2.29. The smallest absolute Gasteiger partial charge is 0.253 e. The van der Waals surface area contributed by atoms with Crippen LogP contribution in [-0.4, -0.2) is 69.1 Å². The summed E-state index contributed by atoms with van der Waals surface area (Å²) >= 11 is 0. The van der Waals surface area contributed by atoms with Gasteiger partial charge in [0.15, 0.2) is 0 Å². The van der Waals surface area contributed by atoms with E-state index in [1.54, 1.807) is 18.1 Å². The van der Waals surface area contributed by atoms with Gasteiger partial charge < -0.3 is 15.0 Å². The molecule has 1 heterocycles. The molecule has 0 bridgehead atoms. The third-order valence-electron chi connectivity index (χ3n) is 3.62. The zero-order valence-electron chi connectivity index (χ0n) is 12.3. The lowest BCUT2D eigenvalue weighted by atomic mass is 10.2. The molecule has 1 aromatic carbocycles. The number of carbonyl (C=O) groups is 1. The van der Waals surface area contributed by atoms with Crippen LogP contribution in [-0.2, 0) is 0 Å². The van der Waals surface area contributed by atoms with Crippen LogP contribution < -0.4 is 10.1 Å². The molecular formula is C15H23N3O2. The second kappa shape index (κ2) is 7.26. The molecule has 5 nitrogen and oxygen atoms in total. The van der Waals surface area contributed by atoms with Gasteiger partial charge in [-0.25, -0.2) is 0 Å². The molecule has 110 valence electrons. The first-order valence-electron chi connectivity index (χ1n) is 7.03. The summed E-state index contributed by atoms with van der Waals surface area (Å²) in [6.45, 7) is 5.85. The molecule has 1 aromatic rings. The molecule has 0 radical (unpaired) electrons. The summed E-state index contributed by atoms with van der Waals surface area (Å²) in [6.07, 6.45) is 0. The monoisotopic (exact) mass is 277 g/mol. The van der Waals surface area contributed by atoms with Gasteiger partial charge in [-0.15, -0.1) is 0 Å². The van der Waals surface area contributed by atoms with E-state index in [0.29, 0.717) is 11.3 Å². The fourth-order valence-corrected chi connectivity index (χ4v) is 2.30. The van der Waals surface area contributed by atoms with Gasteiger partial charge >= 0.3 is 0 Å². The maximum atomic E-state index is 12.3. The second-order valence-electron chi connectivity index (χ2n) is 5.05. The molecule has 1 saturated heterocycles. The zero-order chi connectivity index (χ0) is 14.4. The SMILES string of the molecule is COc1cccc(C(=O)N(C)CCN2CCNCC2)c1. The van der Waals surface area contributed by atoms with Gasteiger partial charge in [0.2, 0.25) is 0 Å². The summed E-state index contributed by atoms with van der Waals surface area (Å²) in [5, 5.41) is 3.33. The third-order valence-corrected chi connectivity index (χ3v) is 3.62. The maximum absolute atomic E-state index is 12.3. The molecule has 2 rings (SSSR count). The quantitative estimate of drug-likeness (QED) is 0.859. The number of ether oxygens (including phenoxy) is 1. The van der Waals surface area contributed by atoms with Gasteiger partial charge in [-0.1, -0.05) is 6.07 Å². The molecule has 0 aromatic heterocycles. The lowest BCUT2D eigenvalue weighted by molar-refractivity contribution is 0.0774. The highest BCUT2D eigenvalue weighted by molar-refractivity contribution is 5.94. The van der Waals surface area contributed by atoms with E-state index in [0.717, 1.165) is 39.3 Å². The Hall–Kier alpha value is -1.59. The fourth-order valence-electron chi connectivity index (χ4n) is 2.30. The number of nitrogens with zero attached hydrogens (tertiary/aromatic N) is 2. The molecular weight excluding hydrogens is 254 g/mol. The van der Waals surface area contributed by atoms with Gasteiger partial charge in [-0.05, 0) is 18.2 Å². The Morgan fingerprint density at radius 1 is 1.40 bits per heavy atom. The molecule has 1 aliphatic heterocycles. The summed E-state index contributed by atoms with van der Waals surface area (Å²) < 4.78 is 5.15. The molecule has 0 saturated carbocycles. The van der Waals surface area contributed by atoms with Crippen molar-refractivity contribution in [2.75, 3.05) is 53.4 Å². The zero-order valence-corrected chi connectivity index (χ0v) is 12.3. The Kier molecular flexibility index (Phi) is 5.38. The minimum absolute atomic E-state index is 0.0408. The standard InChI is InChI=1S/C15H23N3O2/c1-17(10-11-18-8-6-16-7-9-18)15(19)13-4-3-5-14(12-13)20-2/h3-5,12,16H,6-11H2,1-2H3. The topological polar surface area (TPSA) is 44.8 Å². The van der Waals surface area contributed by atoms with Crippen molar-refractivity contribution in [2.45, 2.75) is 0 Å². The van der Waals surface area contributed by atoms with Gasteiger partial charge in [0.05, 0.1) is 7.11 Å². The largest absolute Gasteiger partial charge is 0.497 e. The summed E-state index contributed by atoms with van der Waals surface area (Å²) in [4.78, 5) is 16.5. The molecule has 1 amide bonds. The van der Waals surface area contributed by atoms with Crippen LogP contribution in [0.25, 0.3) is 0 Å². The van der Waals surface area contributed by atoms with Gasteiger partial charge in [0.1, 0.15) is 5.75 Å². The van der Waals surface area contributed by atoms with Crippen molar-refractivity contribution in [3.63, 3.8) is 0 Å². The average Bonchev–Trinajstić information content (AvgIpc) is 2.53. The Bertz CT molecular complexity index is 444. The van der Waals surface area contributed by atoms with E-state index < -0.39 is 0 Å². The highest BCUT2D eigenvalue weighted by Crippen LogP contribution is 2.13. The highest BCUT2D eigenvalue weighted by Gasteiger charge is 2.15. The highest BCUT2D eigenvalue weighted by atomic mass is 16.5. The molecule has 5 heteroatoms. The Labute approximate surface area is 120 Å². The minimum Gasteiger partial charge on any atom is -0.497 e. The molecule has 0 atom stereocenters. The van der Waals surface area contributed by atoms with Crippen LogP contribution in [0.2, 0.25) is 0 Å². The van der Waals surface area contributed by atoms with Crippen LogP contribution in [0.3, 0.4) is 0 Å². The van der Waals surface area contributed by atoms with E-state index in [2.05, 4.69) is 10.2 Å². The van der Waals surface area contributed by atoms with E-state index in [9.17, 15) is 4.79 Å². The third kappa shape index (κ3) is 3.95. The summed E-state index contributed by atoms with van der Waals surface area (Å²) in [7, 11) is 3.46. The van der Waals surface area contributed by atoms with E-state index >= 15 is 0 Å². The average molecular weight is 277 g/mol. The predicted octanol–water partition coefficient (Wildman–Crippen LogP) is 0.672. The Morgan fingerprint density at radius 2 is 2.15 bits per heavy atom. The van der Waals surface area contributed by atoms with Crippen LogP contribution in [0, 0.1) is 0 Å². The molecule has 0 unspecified atom stereocenters. The van der Waals surface area contributed by atoms with Crippen molar-refractivity contribution >= 4 is 5.91 Å². The van der Waals surface area contributed by atoms with E-state index in [1.807, 2.05) is 25.2 Å². The first kappa shape index (κ1) is 14.8. The number of benzene rings is 1. The molecule has 1 N–H and O–H groups in total. The number of likely N-dealkylation sites (N-methyl/N-ethyl adjacent to an activating group) is 1. The maximum Gasteiger partial charge on any atom is 0.253 e. The van der Waals surface area contributed by atoms with Crippen LogP contribution in [0.5, 0.6) is 5.75 Å². The molecule has 0 aliphatic carbocycles. The van der Waals surface area contributed by atoms with E-state index in [4.69, 9.17) is 4.74 Å². The van der Waals surface area contributed by atoms with Crippen molar-refractivity contribution in [1.82, 2.24) is 15.1 Å². The first-order valence-corrected chi connectivity index (χ1v) is 7.03. The minimum atomic E-state index is 0.0408. The first-order chi connectivity index (χ1) is 9.70. The molecule has 1 aliphatic rings. The predicted molar refractivity (Wildman–Crippen MR) is 79.3 cm³/mol. The van der Waals surface area contributed by atoms with Crippen LogP contribution >= 0.6 is 0 Å². The lowest BCUT2D eigenvalue weighted by Crippen LogP contribution is -2.46. The van der Waals surface area contributed by atoms with Gasteiger partial charge in [-0.2, -0.15) is 0 Å². The molecule has 20 heavy (non-hydrogen) atoms. The van der Waals surface area contributed by atoms with Crippen LogP contribution in [0.4, 0.5) is 0 Å². The van der Waals surface area contributed by atoms with Crippen LogP contribution in [0.15, 0.2) is 24.3 Å².